The van der Waals surface area contributed by atoms with E-state index in [0.29, 0.717) is 46.0 Å². The van der Waals surface area contributed by atoms with E-state index in [0.717, 1.165) is 0 Å². The van der Waals surface area contributed by atoms with Gasteiger partial charge in [-0.1, -0.05) is 0 Å². The Morgan fingerprint density at radius 1 is 0.833 bits per heavy atom. The van der Waals surface area contributed by atoms with Crippen molar-refractivity contribution in [3.05, 3.63) is 47.0 Å². The third-order valence-corrected chi connectivity index (χ3v) is 3.74. The predicted octanol–water partition coefficient (Wildman–Crippen LogP) is 2.62. The average molecular weight is 332 g/mol. The van der Waals surface area contributed by atoms with E-state index in [2.05, 4.69) is 0 Å². The van der Waals surface area contributed by atoms with Crippen molar-refractivity contribution in [2.45, 2.75) is 6.10 Å². The first-order valence-corrected chi connectivity index (χ1v) is 7.20. The molecule has 128 valence electrons. The van der Waals surface area contributed by atoms with Gasteiger partial charge in [0.05, 0.1) is 34.0 Å². The van der Waals surface area contributed by atoms with Gasteiger partial charge < -0.3 is 24.1 Å². The van der Waals surface area contributed by atoms with Crippen molar-refractivity contribution in [1.29, 1.82) is 0 Å². The van der Waals surface area contributed by atoms with Crippen LogP contribution in [0.3, 0.4) is 0 Å². The van der Waals surface area contributed by atoms with Crippen molar-refractivity contribution in [1.82, 2.24) is 0 Å². The lowest BCUT2D eigenvalue weighted by molar-refractivity contribution is 0.112. The molecule has 2 aromatic rings. The smallest absolute Gasteiger partial charge is 0.153 e. The molecule has 1 N–H and O–H groups in total. The van der Waals surface area contributed by atoms with E-state index in [1.807, 2.05) is 0 Å². The topological polar surface area (TPSA) is 74.2 Å². The van der Waals surface area contributed by atoms with Crippen LogP contribution in [0.1, 0.15) is 27.6 Å². The highest BCUT2D eigenvalue weighted by molar-refractivity contribution is 5.81. The maximum atomic E-state index is 11.2. The molecule has 1 atom stereocenters. The Balaban J connectivity index is 2.60. The highest BCUT2D eigenvalue weighted by Crippen LogP contribution is 2.39. The Labute approximate surface area is 140 Å². The minimum atomic E-state index is -1.06. The summed E-state index contributed by atoms with van der Waals surface area (Å²) in [4.78, 5) is 11.2. The van der Waals surface area contributed by atoms with Gasteiger partial charge in [-0.05, 0) is 30.3 Å². The molecule has 0 saturated heterocycles. The second-order valence-electron chi connectivity index (χ2n) is 4.96. The average Bonchev–Trinajstić information content (AvgIpc) is 2.65. The van der Waals surface area contributed by atoms with Crippen LogP contribution in [0.2, 0.25) is 0 Å². The Bertz CT molecular complexity index is 726. The van der Waals surface area contributed by atoms with Gasteiger partial charge in [-0.2, -0.15) is 0 Å². The van der Waals surface area contributed by atoms with Gasteiger partial charge in [-0.3, -0.25) is 4.79 Å². The summed E-state index contributed by atoms with van der Waals surface area (Å²) >= 11 is 0. The number of aldehydes is 1. The second-order valence-corrected chi connectivity index (χ2v) is 4.96. The maximum absolute atomic E-state index is 11.2. The summed E-state index contributed by atoms with van der Waals surface area (Å²) in [6.45, 7) is 0. The molecule has 24 heavy (non-hydrogen) atoms. The van der Waals surface area contributed by atoms with E-state index in [-0.39, 0.29) is 0 Å². The predicted molar refractivity (Wildman–Crippen MR) is 88.5 cm³/mol. The first-order chi connectivity index (χ1) is 11.6. The molecule has 0 aromatic heterocycles. The van der Waals surface area contributed by atoms with Gasteiger partial charge in [0.1, 0.15) is 29.1 Å². The summed E-state index contributed by atoms with van der Waals surface area (Å²) in [6.07, 6.45) is -0.386. The lowest BCUT2D eigenvalue weighted by Gasteiger charge is -2.20. The van der Waals surface area contributed by atoms with E-state index >= 15 is 0 Å². The van der Waals surface area contributed by atoms with Crippen molar-refractivity contribution in [3.63, 3.8) is 0 Å². The van der Waals surface area contributed by atoms with Gasteiger partial charge in [0, 0.05) is 11.1 Å². The molecule has 0 aliphatic heterocycles. The maximum Gasteiger partial charge on any atom is 0.153 e. The highest BCUT2D eigenvalue weighted by atomic mass is 16.5. The molecule has 0 fully saturated rings. The third kappa shape index (κ3) is 3.28. The van der Waals surface area contributed by atoms with Crippen molar-refractivity contribution in [2.24, 2.45) is 0 Å². The van der Waals surface area contributed by atoms with E-state index in [1.165, 1.54) is 27.4 Å². The zero-order valence-electron chi connectivity index (χ0n) is 14.0. The Morgan fingerprint density at radius 2 is 1.46 bits per heavy atom. The Morgan fingerprint density at radius 3 is 2.00 bits per heavy atom. The second kappa shape index (κ2) is 7.70. The fourth-order valence-electron chi connectivity index (χ4n) is 2.47. The van der Waals surface area contributed by atoms with Gasteiger partial charge in [0.15, 0.2) is 6.29 Å². The lowest BCUT2D eigenvalue weighted by Crippen LogP contribution is -2.06. The number of carbonyl (C=O) groups is 1. The van der Waals surface area contributed by atoms with Gasteiger partial charge in [0.25, 0.3) is 0 Å². The Kier molecular flexibility index (Phi) is 5.65. The third-order valence-electron chi connectivity index (χ3n) is 3.74. The van der Waals surface area contributed by atoms with Crippen molar-refractivity contribution in [3.8, 4) is 23.0 Å². The van der Waals surface area contributed by atoms with Crippen LogP contribution < -0.4 is 18.9 Å². The van der Waals surface area contributed by atoms with Crippen LogP contribution in [-0.2, 0) is 0 Å². The van der Waals surface area contributed by atoms with E-state index < -0.39 is 6.10 Å². The molecular formula is C18H20O6. The zero-order chi connectivity index (χ0) is 17.7. The van der Waals surface area contributed by atoms with Gasteiger partial charge in [-0.15, -0.1) is 0 Å². The molecule has 0 heterocycles. The first-order valence-electron chi connectivity index (χ1n) is 7.20. The van der Waals surface area contributed by atoms with Crippen LogP contribution in [-0.4, -0.2) is 39.8 Å². The number of rotatable bonds is 7. The van der Waals surface area contributed by atoms with Crippen molar-refractivity contribution >= 4 is 6.29 Å². The highest BCUT2D eigenvalue weighted by Gasteiger charge is 2.22. The molecule has 1 unspecified atom stereocenters. The summed E-state index contributed by atoms with van der Waals surface area (Å²) in [7, 11) is 5.98. The number of carbonyl (C=O) groups excluding carboxylic acids is 1. The largest absolute Gasteiger partial charge is 0.497 e. The number of hydrogen-bond acceptors (Lipinski definition) is 6. The number of ether oxygens (including phenoxy) is 4. The number of aliphatic hydroxyl groups excluding tert-OH is 1. The molecule has 0 aliphatic rings. The standard InChI is InChI=1S/C18H20O6/c1-21-12-5-6-15(22-2)13(8-12)18(20)14-9-16(23-3)11(10-19)7-17(14)24-4/h5-10,18,20H,1-4H3. The summed E-state index contributed by atoms with van der Waals surface area (Å²) in [5.41, 5.74) is 1.30. The molecular weight excluding hydrogens is 312 g/mol. The van der Waals surface area contributed by atoms with Crippen LogP contribution in [0.25, 0.3) is 0 Å². The van der Waals surface area contributed by atoms with Crippen LogP contribution in [0, 0.1) is 0 Å². The lowest BCUT2D eigenvalue weighted by atomic mass is 9.97. The first kappa shape index (κ1) is 17.6. The fraction of sp³-hybridized carbons (Fsp3) is 0.278. The van der Waals surface area contributed by atoms with Gasteiger partial charge >= 0.3 is 0 Å². The molecule has 6 nitrogen and oxygen atoms in total. The summed E-state index contributed by atoms with van der Waals surface area (Å²) in [5, 5.41) is 10.9. The van der Waals surface area contributed by atoms with Crippen LogP contribution in [0.15, 0.2) is 30.3 Å². The fourth-order valence-corrected chi connectivity index (χ4v) is 2.47. The SMILES string of the molecule is COc1ccc(OC)c(C(O)c2cc(OC)c(C=O)cc2OC)c1. The molecule has 0 amide bonds. The molecule has 2 rings (SSSR count). The number of benzene rings is 2. The summed E-state index contributed by atoms with van der Waals surface area (Å²) in [5.74, 6) is 1.81. The monoisotopic (exact) mass is 332 g/mol. The molecule has 0 aliphatic carbocycles. The quantitative estimate of drug-likeness (QED) is 0.786. The molecule has 0 saturated carbocycles. The van der Waals surface area contributed by atoms with Crippen molar-refractivity contribution < 1.29 is 28.8 Å². The number of hydrogen-bond donors (Lipinski definition) is 1. The molecule has 6 heteroatoms. The Hall–Kier alpha value is -2.73. The van der Waals surface area contributed by atoms with Crippen molar-refractivity contribution in [2.75, 3.05) is 28.4 Å². The van der Waals surface area contributed by atoms with Crippen LogP contribution in [0.4, 0.5) is 0 Å². The number of aliphatic hydroxyl groups is 1. The molecule has 0 bridgehead atoms. The van der Waals surface area contributed by atoms with Gasteiger partial charge in [-0.25, -0.2) is 0 Å². The van der Waals surface area contributed by atoms with Gasteiger partial charge in [0.2, 0.25) is 0 Å². The van der Waals surface area contributed by atoms with Crippen LogP contribution in [0.5, 0.6) is 23.0 Å². The molecule has 2 aromatic carbocycles. The minimum Gasteiger partial charge on any atom is -0.497 e. The summed E-state index contributed by atoms with van der Waals surface area (Å²) in [6, 6.07) is 8.23. The molecule has 0 spiro atoms. The zero-order valence-corrected chi connectivity index (χ0v) is 14.0. The summed E-state index contributed by atoms with van der Waals surface area (Å²) < 4.78 is 21.1. The van der Waals surface area contributed by atoms with E-state index in [9.17, 15) is 9.90 Å². The molecule has 0 radical (unpaired) electrons. The van der Waals surface area contributed by atoms with E-state index in [1.54, 1.807) is 31.4 Å². The number of methoxy groups -OCH3 is 4. The van der Waals surface area contributed by atoms with E-state index in [4.69, 9.17) is 18.9 Å². The van der Waals surface area contributed by atoms with Crippen LogP contribution >= 0.6 is 0 Å². The minimum absolute atomic E-state index is 0.336. The normalized spacial score (nSPS) is 11.5.